The van der Waals surface area contributed by atoms with E-state index in [4.69, 9.17) is 16.3 Å². The maximum Gasteiger partial charge on any atom is 0.185 e. The van der Waals surface area contributed by atoms with Crippen molar-refractivity contribution in [2.24, 2.45) is 11.8 Å². The summed E-state index contributed by atoms with van der Waals surface area (Å²) >= 11 is 6.34. The molecule has 0 radical (unpaired) electrons. The highest BCUT2D eigenvalue weighted by molar-refractivity contribution is 6.31. The van der Waals surface area contributed by atoms with Crippen LogP contribution in [0, 0.1) is 11.8 Å². The topological polar surface area (TPSA) is 58.6 Å². The Morgan fingerprint density at radius 3 is 2.92 bits per heavy atom. The molecule has 0 saturated heterocycles. The summed E-state index contributed by atoms with van der Waals surface area (Å²) in [5.74, 6) is 1.24. The summed E-state index contributed by atoms with van der Waals surface area (Å²) in [7, 11) is 0. The first-order valence-electron chi connectivity index (χ1n) is 8.22. The summed E-state index contributed by atoms with van der Waals surface area (Å²) in [6, 6.07) is 0. The number of rotatable bonds is 5. The lowest BCUT2D eigenvalue weighted by Gasteiger charge is -2.33. The number of allylic oxidation sites excluding steroid dienone is 6. The largest absolute Gasteiger partial charge is 0.495 e. The van der Waals surface area contributed by atoms with Gasteiger partial charge in [0.05, 0.1) is 23.8 Å². The quantitative estimate of drug-likeness (QED) is 0.590. The van der Waals surface area contributed by atoms with Crippen molar-refractivity contribution >= 4 is 17.9 Å². The summed E-state index contributed by atoms with van der Waals surface area (Å²) in [5.41, 5.74) is 7.37. The van der Waals surface area contributed by atoms with Crippen LogP contribution in [-0.2, 0) is 9.53 Å². The molecule has 3 aliphatic rings. The molecule has 2 aliphatic carbocycles. The lowest BCUT2D eigenvalue weighted by molar-refractivity contribution is -0.104. The molecule has 0 aromatic carbocycles. The Balaban J connectivity index is 1.72. The predicted octanol–water partition coefficient (Wildman–Crippen LogP) is 3.64. The number of halogens is 1. The van der Waals surface area contributed by atoms with Crippen molar-refractivity contribution in [1.82, 2.24) is 5.32 Å². The average molecular weight is 346 g/mol. The highest BCUT2D eigenvalue weighted by Gasteiger charge is 2.30. The zero-order chi connectivity index (χ0) is 16.9. The first-order chi connectivity index (χ1) is 11.7. The monoisotopic (exact) mass is 345 g/mol. The Morgan fingerprint density at radius 1 is 1.33 bits per heavy atom. The SMILES string of the molecule is O=CC1=C(OCC2CCCCC2C2=C(Cl)C=C=C=C2)CNC(O)=C1. The molecule has 2 atom stereocenters. The molecule has 24 heavy (non-hydrogen) atoms. The van der Waals surface area contributed by atoms with Crippen LogP contribution in [0.3, 0.4) is 0 Å². The number of hydrogen-bond donors (Lipinski definition) is 2. The fourth-order valence-electron chi connectivity index (χ4n) is 3.47. The fourth-order valence-corrected chi connectivity index (χ4v) is 3.72. The maximum atomic E-state index is 11.2. The Labute approximate surface area is 146 Å². The second kappa shape index (κ2) is 7.63. The highest BCUT2D eigenvalue weighted by atomic mass is 35.5. The van der Waals surface area contributed by atoms with E-state index < -0.39 is 0 Å². The molecular formula is C19H20ClNO3. The van der Waals surface area contributed by atoms with Gasteiger partial charge in [0.15, 0.2) is 12.2 Å². The molecule has 1 heterocycles. The highest BCUT2D eigenvalue weighted by Crippen LogP contribution is 2.38. The molecule has 0 aromatic heterocycles. The van der Waals surface area contributed by atoms with Gasteiger partial charge in [0.25, 0.3) is 0 Å². The maximum absolute atomic E-state index is 11.2. The molecule has 2 N–H and O–H groups in total. The van der Waals surface area contributed by atoms with Crippen LogP contribution in [0.15, 0.2) is 57.5 Å². The predicted molar refractivity (Wildman–Crippen MR) is 92.2 cm³/mol. The van der Waals surface area contributed by atoms with Gasteiger partial charge in [-0.1, -0.05) is 35.9 Å². The zero-order valence-electron chi connectivity index (χ0n) is 13.3. The number of aliphatic hydroxyl groups excluding tert-OH is 1. The number of aldehydes is 1. The smallest absolute Gasteiger partial charge is 0.185 e. The minimum absolute atomic E-state index is 0.0113. The van der Waals surface area contributed by atoms with Gasteiger partial charge in [-0.15, -0.1) is 0 Å². The van der Waals surface area contributed by atoms with E-state index in [1.54, 1.807) is 6.08 Å². The van der Waals surface area contributed by atoms with E-state index in [0.717, 1.165) is 23.4 Å². The normalized spacial score (nSPS) is 26.3. The third-order valence-electron chi connectivity index (χ3n) is 4.74. The van der Waals surface area contributed by atoms with Gasteiger partial charge in [-0.3, -0.25) is 4.79 Å². The molecule has 126 valence electrons. The average Bonchev–Trinajstić information content (AvgIpc) is 2.61. The lowest BCUT2D eigenvalue weighted by atomic mass is 9.75. The standard InChI is InChI=1S/C19H20ClNO3/c20-17-8-4-3-7-16(17)15-6-2-1-5-13(15)12-24-18-10-21-19(23)9-14(18)11-22/h7-9,11,13,15,21,23H,1-2,5-6,10,12H2. The van der Waals surface area contributed by atoms with Gasteiger partial charge < -0.3 is 15.2 Å². The Hall–Kier alpha value is -2.12. The number of aliphatic hydroxyl groups is 1. The third kappa shape index (κ3) is 3.68. The Kier molecular flexibility index (Phi) is 5.32. The van der Waals surface area contributed by atoms with Gasteiger partial charge in [0.1, 0.15) is 5.76 Å². The molecule has 0 amide bonds. The van der Waals surface area contributed by atoms with Gasteiger partial charge in [0.2, 0.25) is 0 Å². The number of carbonyl (C=O) groups is 1. The third-order valence-corrected chi connectivity index (χ3v) is 5.06. The summed E-state index contributed by atoms with van der Waals surface area (Å²) in [5, 5.41) is 13.0. The van der Waals surface area contributed by atoms with Crippen molar-refractivity contribution in [3.63, 3.8) is 0 Å². The van der Waals surface area contributed by atoms with Crippen LogP contribution >= 0.6 is 11.6 Å². The zero-order valence-corrected chi connectivity index (χ0v) is 14.1. The van der Waals surface area contributed by atoms with Crippen LogP contribution in [0.2, 0.25) is 0 Å². The van der Waals surface area contributed by atoms with E-state index in [-0.39, 0.29) is 5.88 Å². The molecule has 5 heteroatoms. The first kappa shape index (κ1) is 16.7. The van der Waals surface area contributed by atoms with Gasteiger partial charge >= 0.3 is 0 Å². The molecule has 0 bridgehead atoms. The van der Waals surface area contributed by atoms with Crippen LogP contribution in [-0.4, -0.2) is 24.5 Å². The van der Waals surface area contributed by atoms with E-state index in [1.165, 1.54) is 18.9 Å². The fraction of sp³-hybridized carbons (Fsp3) is 0.421. The van der Waals surface area contributed by atoms with E-state index in [9.17, 15) is 9.90 Å². The van der Waals surface area contributed by atoms with Gasteiger partial charge in [-0.05, 0) is 36.3 Å². The number of ether oxygens (including phenoxy) is 1. The van der Waals surface area contributed by atoms with Crippen molar-refractivity contribution in [2.45, 2.75) is 25.7 Å². The molecule has 1 saturated carbocycles. The second-order valence-corrected chi connectivity index (χ2v) is 6.63. The molecular weight excluding hydrogens is 326 g/mol. The number of dihydropyridines is 1. The number of carbonyl (C=O) groups excluding carboxylic acids is 1. The lowest BCUT2D eigenvalue weighted by Crippen LogP contribution is -2.28. The molecule has 2 unspecified atom stereocenters. The van der Waals surface area contributed by atoms with E-state index >= 15 is 0 Å². The summed E-state index contributed by atoms with van der Waals surface area (Å²) < 4.78 is 5.93. The van der Waals surface area contributed by atoms with Crippen molar-refractivity contribution in [3.8, 4) is 0 Å². The van der Waals surface area contributed by atoms with Gasteiger partial charge in [-0.2, -0.15) is 0 Å². The van der Waals surface area contributed by atoms with Crippen molar-refractivity contribution in [1.29, 1.82) is 0 Å². The van der Waals surface area contributed by atoms with Crippen LogP contribution in [0.5, 0.6) is 0 Å². The minimum atomic E-state index is -0.0113. The summed E-state index contributed by atoms with van der Waals surface area (Å²) in [6.07, 6.45) is 10.3. The van der Waals surface area contributed by atoms with Crippen LogP contribution in [0.4, 0.5) is 0 Å². The second-order valence-electron chi connectivity index (χ2n) is 6.22. The molecule has 0 aromatic rings. The molecule has 3 rings (SSSR count). The molecule has 1 aliphatic heterocycles. The molecule has 0 spiro atoms. The first-order valence-corrected chi connectivity index (χ1v) is 8.59. The van der Waals surface area contributed by atoms with Crippen LogP contribution in [0.25, 0.3) is 0 Å². The minimum Gasteiger partial charge on any atom is -0.495 e. The molecule has 1 fully saturated rings. The van der Waals surface area contributed by atoms with Crippen molar-refractivity contribution < 1.29 is 14.6 Å². The van der Waals surface area contributed by atoms with E-state index in [2.05, 4.69) is 16.8 Å². The van der Waals surface area contributed by atoms with E-state index in [0.29, 0.717) is 42.6 Å². The van der Waals surface area contributed by atoms with Crippen molar-refractivity contribution in [2.75, 3.05) is 13.2 Å². The summed E-state index contributed by atoms with van der Waals surface area (Å²) in [4.78, 5) is 11.2. The Bertz CT molecular complexity index is 719. The van der Waals surface area contributed by atoms with Gasteiger partial charge in [0, 0.05) is 12.2 Å². The Morgan fingerprint density at radius 2 is 2.12 bits per heavy atom. The van der Waals surface area contributed by atoms with Crippen molar-refractivity contribution in [3.05, 3.63) is 57.5 Å². The molecule has 4 nitrogen and oxygen atoms in total. The van der Waals surface area contributed by atoms with Gasteiger partial charge in [-0.25, -0.2) is 0 Å². The summed E-state index contributed by atoms with van der Waals surface area (Å²) in [6.45, 7) is 0.852. The van der Waals surface area contributed by atoms with E-state index in [1.807, 2.05) is 6.08 Å². The van der Waals surface area contributed by atoms with Crippen LogP contribution in [0.1, 0.15) is 25.7 Å². The van der Waals surface area contributed by atoms with Crippen LogP contribution < -0.4 is 5.32 Å². The number of hydrogen-bond acceptors (Lipinski definition) is 4. The number of nitrogens with one attached hydrogen (secondary N) is 1.